The zero-order chi connectivity index (χ0) is 13.9. The van der Waals surface area contributed by atoms with Gasteiger partial charge >= 0.3 is 5.97 Å². The van der Waals surface area contributed by atoms with Crippen molar-refractivity contribution < 1.29 is 9.53 Å². The lowest BCUT2D eigenvalue weighted by Crippen LogP contribution is -2.32. The molecule has 1 N–H and O–H groups in total. The fraction of sp³-hybridized carbons (Fsp3) is 0.375. The monoisotopic (exact) mass is 270 g/mol. The van der Waals surface area contributed by atoms with E-state index in [0.717, 1.165) is 29.2 Å². The van der Waals surface area contributed by atoms with E-state index in [1.54, 1.807) is 6.20 Å². The van der Waals surface area contributed by atoms with Crippen molar-refractivity contribution in [3.63, 3.8) is 0 Å². The van der Waals surface area contributed by atoms with Gasteiger partial charge in [0.1, 0.15) is 6.04 Å². The van der Waals surface area contributed by atoms with E-state index in [-0.39, 0.29) is 5.97 Å². The summed E-state index contributed by atoms with van der Waals surface area (Å²) in [5, 5.41) is 5.46. The van der Waals surface area contributed by atoms with Gasteiger partial charge in [-0.05, 0) is 25.2 Å². The van der Waals surface area contributed by atoms with Crippen molar-refractivity contribution in [1.29, 1.82) is 0 Å². The molecule has 0 spiro atoms. The Kier molecular flexibility index (Phi) is 3.65. The highest BCUT2D eigenvalue weighted by molar-refractivity contribution is 5.90. The van der Waals surface area contributed by atoms with E-state index < -0.39 is 6.04 Å². The highest BCUT2D eigenvalue weighted by Gasteiger charge is 2.31. The molecule has 1 aromatic heterocycles. The number of benzene rings is 1. The van der Waals surface area contributed by atoms with Gasteiger partial charge in [-0.3, -0.25) is 10.3 Å². The quantitative estimate of drug-likeness (QED) is 0.848. The molecule has 1 aliphatic rings. The van der Waals surface area contributed by atoms with Crippen LogP contribution in [-0.2, 0) is 9.53 Å². The minimum Gasteiger partial charge on any atom is -0.465 e. The zero-order valence-electron chi connectivity index (χ0n) is 11.5. The number of fused-ring (bicyclic) bond motifs is 1. The van der Waals surface area contributed by atoms with Crippen LogP contribution < -0.4 is 5.32 Å². The highest BCUT2D eigenvalue weighted by Crippen LogP contribution is 2.28. The highest BCUT2D eigenvalue weighted by atomic mass is 16.5. The molecule has 1 saturated carbocycles. The number of hydrogen-bond acceptors (Lipinski definition) is 4. The average Bonchev–Trinajstić information content (AvgIpc) is 3.28. The smallest absolute Gasteiger partial charge is 0.327 e. The first-order valence-corrected chi connectivity index (χ1v) is 7.05. The second-order valence-electron chi connectivity index (χ2n) is 5.08. The molecule has 1 atom stereocenters. The van der Waals surface area contributed by atoms with Gasteiger partial charge in [0, 0.05) is 29.4 Å². The normalized spacial score (nSPS) is 16.1. The Hall–Kier alpha value is -1.94. The molecule has 3 rings (SSSR count). The predicted molar refractivity (Wildman–Crippen MR) is 77.3 cm³/mol. The summed E-state index contributed by atoms with van der Waals surface area (Å²) in [6, 6.07) is 7.97. The molecule has 0 saturated heterocycles. The Morgan fingerprint density at radius 1 is 1.40 bits per heavy atom. The van der Waals surface area contributed by atoms with Crippen LogP contribution in [-0.4, -0.2) is 23.6 Å². The second kappa shape index (κ2) is 5.59. The lowest BCUT2D eigenvalue weighted by Gasteiger charge is -2.18. The Labute approximate surface area is 118 Å². The lowest BCUT2D eigenvalue weighted by atomic mass is 10.0. The number of carbonyl (C=O) groups is 1. The maximum Gasteiger partial charge on any atom is 0.327 e. The van der Waals surface area contributed by atoms with Crippen LogP contribution in [0.1, 0.15) is 31.4 Å². The van der Waals surface area contributed by atoms with Crippen LogP contribution in [0.5, 0.6) is 0 Å². The minimum absolute atomic E-state index is 0.224. The van der Waals surface area contributed by atoms with E-state index >= 15 is 0 Å². The molecule has 0 radical (unpaired) electrons. The number of aromatic nitrogens is 1. The van der Waals surface area contributed by atoms with E-state index in [0.29, 0.717) is 12.6 Å². The number of carbonyl (C=O) groups excluding carboxylic acids is 1. The third kappa shape index (κ3) is 2.65. The van der Waals surface area contributed by atoms with E-state index in [1.165, 1.54) is 0 Å². The number of nitrogens with zero attached hydrogens (tertiary/aromatic N) is 1. The molecule has 0 amide bonds. The molecule has 1 aliphatic carbocycles. The van der Waals surface area contributed by atoms with Crippen LogP contribution in [0.25, 0.3) is 10.8 Å². The summed E-state index contributed by atoms with van der Waals surface area (Å²) < 4.78 is 5.21. The van der Waals surface area contributed by atoms with Crippen molar-refractivity contribution in [3.05, 3.63) is 42.2 Å². The molecular weight excluding hydrogens is 252 g/mol. The first kappa shape index (κ1) is 13.1. The van der Waals surface area contributed by atoms with Gasteiger partial charge < -0.3 is 4.74 Å². The standard InChI is InChI=1S/C16H18N2O2/c1-2-20-16(19)15(18-12-7-8-12)14-10-17-9-11-5-3-4-6-13(11)14/h3-6,9-10,12,15,18H,2,7-8H2,1H3. The van der Waals surface area contributed by atoms with E-state index in [2.05, 4.69) is 10.3 Å². The number of esters is 1. The summed E-state index contributed by atoms with van der Waals surface area (Å²) in [5.41, 5.74) is 0.897. The number of nitrogens with one attached hydrogen (secondary N) is 1. The zero-order valence-corrected chi connectivity index (χ0v) is 11.5. The summed E-state index contributed by atoms with van der Waals surface area (Å²) in [5.74, 6) is -0.224. The van der Waals surface area contributed by atoms with Crippen LogP contribution >= 0.6 is 0 Å². The molecule has 1 heterocycles. The molecule has 0 bridgehead atoms. The van der Waals surface area contributed by atoms with Crippen LogP contribution in [0.4, 0.5) is 0 Å². The summed E-state index contributed by atoms with van der Waals surface area (Å²) in [7, 11) is 0. The van der Waals surface area contributed by atoms with Crippen molar-refractivity contribution in [2.75, 3.05) is 6.61 Å². The average molecular weight is 270 g/mol. The minimum atomic E-state index is -0.430. The topological polar surface area (TPSA) is 51.2 Å². The maximum atomic E-state index is 12.2. The largest absolute Gasteiger partial charge is 0.465 e. The third-order valence-electron chi connectivity index (χ3n) is 3.51. The number of ether oxygens (including phenoxy) is 1. The van der Waals surface area contributed by atoms with Gasteiger partial charge in [-0.1, -0.05) is 24.3 Å². The van der Waals surface area contributed by atoms with Gasteiger partial charge in [0.2, 0.25) is 0 Å². The molecule has 104 valence electrons. The van der Waals surface area contributed by atoms with Crippen LogP contribution in [0.2, 0.25) is 0 Å². The Bertz CT molecular complexity index is 617. The first-order valence-electron chi connectivity index (χ1n) is 7.05. The Balaban J connectivity index is 2.01. The van der Waals surface area contributed by atoms with Gasteiger partial charge in [-0.25, -0.2) is 4.79 Å². The molecule has 1 unspecified atom stereocenters. The molecule has 1 aromatic carbocycles. The van der Waals surface area contributed by atoms with E-state index in [4.69, 9.17) is 4.74 Å². The summed E-state index contributed by atoms with van der Waals surface area (Å²) in [6.07, 6.45) is 5.82. The second-order valence-corrected chi connectivity index (χ2v) is 5.08. The van der Waals surface area contributed by atoms with Crippen molar-refractivity contribution >= 4 is 16.7 Å². The van der Waals surface area contributed by atoms with Crippen molar-refractivity contribution in [2.45, 2.75) is 31.8 Å². The summed E-state index contributed by atoms with van der Waals surface area (Å²) in [6.45, 7) is 2.22. The van der Waals surface area contributed by atoms with Gasteiger partial charge in [-0.15, -0.1) is 0 Å². The molecule has 4 nitrogen and oxygen atoms in total. The van der Waals surface area contributed by atoms with Crippen LogP contribution in [0.15, 0.2) is 36.7 Å². The summed E-state index contributed by atoms with van der Waals surface area (Å²) >= 11 is 0. The molecular formula is C16H18N2O2. The third-order valence-corrected chi connectivity index (χ3v) is 3.51. The Morgan fingerprint density at radius 2 is 2.20 bits per heavy atom. The summed E-state index contributed by atoms with van der Waals surface area (Å²) in [4.78, 5) is 16.5. The fourth-order valence-corrected chi connectivity index (χ4v) is 2.37. The molecule has 4 heteroatoms. The van der Waals surface area contributed by atoms with Gasteiger partial charge in [-0.2, -0.15) is 0 Å². The van der Waals surface area contributed by atoms with E-state index in [1.807, 2.05) is 37.4 Å². The maximum absolute atomic E-state index is 12.2. The fourth-order valence-electron chi connectivity index (χ4n) is 2.37. The molecule has 1 fully saturated rings. The number of rotatable bonds is 5. The van der Waals surface area contributed by atoms with Crippen molar-refractivity contribution in [1.82, 2.24) is 10.3 Å². The van der Waals surface area contributed by atoms with Gasteiger partial charge in [0.25, 0.3) is 0 Å². The lowest BCUT2D eigenvalue weighted by molar-refractivity contribution is -0.145. The number of hydrogen-bond donors (Lipinski definition) is 1. The van der Waals surface area contributed by atoms with Crippen LogP contribution in [0, 0.1) is 0 Å². The number of pyridine rings is 1. The van der Waals surface area contributed by atoms with Gasteiger partial charge in [0.05, 0.1) is 6.61 Å². The molecule has 2 aromatic rings. The first-order chi connectivity index (χ1) is 9.79. The van der Waals surface area contributed by atoms with E-state index in [9.17, 15) is 4.79 Å². The predicted octanol–water partition coefficient (Wildman–Crippen LogP) is 2.59. The van der Waals surface area contributed by atoms with Crippen LogP contribution in [0.3, 0.4) is 0 Å². The molecule has 20 heavy (non-hydrogen) atoms. The SMILES string of the molecule is CCOC(=O)C(NC1CC1)c1cncc2ccccc12. The Morgan fingerprint density at radius 3 is 2.95 bits per heavy atom. The van der Waals surface area contributed by atoms with Crippen molar-refractivity contribution in [3.8, 4) is 0 Å². The van der Waals surface area contributed by atoms with Crippen molar-refractivity contribution in [2.24, 2.45) is 0 Å². The molecule has 0 aliphatic heterocycles. The van der Waals surface area contributed by atoms with Gasteiger partial charge in [0.15, 0.2) is 0 Å².